The molecule has 2 amide bonds. The summed E-state index contributed by atoms with van der Waals surface area (Å²) < 4.78 is 0. The lowest BCUT2D eigenvalue weighted by atomic mass is 9.92. The van der Waals surface area contributed by atoms with Gasteiger partial charge in [-0.25, -0.2) is 24.9 Å². The van der Waals surface area contributed by atoms with Gasteiger partial charge in [-0.1, -0.05) is 20.8 Å². The second-order valence-electron chi connectivity index (χ2n) is 8.11. The van der Waals surface area contributed by atoms with Crippen LogP contribution in [0.25, 0.3) is 11.0 Å². The van der Waals surface area contributed by atoms with Gasteiger partial charge in [-0.2, -0.15) is 5.10 Å². The average molecular weight is 452 g/mol. The zero-order valence-corrected chi connectivity index (χ0v) is 18.7. The highest BCUT2D eigenvalue weighted by atomic mass is 32.1. The van der Waals surface area contributed by atoms with Gasteiger partial charge in [0.05, 0.1) is 29.5 Å². The molecule has 4 rings (SSSR count). The Kier molecular flexibility index (Phi) is 5.61. The molecule has 0 aliphatic heterocycles. The summed E-state index contributed by atoms with van der Waals surface area (Å²) >= 11 is 1.19. The minimum Gasteiger partial charge on any atom is -0.342 e. The van der Waals surface area contributed by atoms with E-state index in [0.29, 0.717) is 26.7 Å². The molecule has 0 spiro atoms. The second kappa shape index (κ2) is 8.38. The predicted octanol–water partition coefficient (Wildman–Crippen LogP) is 2.64. The van der Waals surface area contributed by atoms with E-state index in [0.717, 1.165) is 5.69 Å². The molecule has 0 saturated heterocycles. The first-order valence-electron chi connectivity index (χ1n) is 9.77. The molecule has 32 heavy (non-hydrogen) atoms. The van der Waals surface area contributed by atoms with E-state index in [-0.39, 0.29) is 22.9 Å². The topological polar surface area (TPSA) is 151 Å². The van der Waals surface area contributed by atoms with Crippen molar-refractivity contribution in [3.05, 3.63) is 52.4 Å². The number of hydrogen-bond acceptors (Lipinski definition) is 9. The number of anilines is 1. The Labute approximate surface area is 187 Å². The van der Waals surface area contributed by atoms with Crippen molar-refractivity contribution in [2.75, 3.05) is 5.32 Å². The van der Waals surface area contributed by atoms with Crippen LogP contribution in [-0.4, -0.2) is 46.9 Å². The number of aromatic nitrogens is 7. The van der Waals surface area contributed by atoms with E-state index >= 15 is 0 Å². The Morgan fingerprint density at radius 2 is 1.81 bits per heavy atom. The third kappa shape index (κ3) is 4.44. The van der Waals surface area contributed by atoms with E-state index in [2.05, 4.69) is 45.8 Å². The van der Waals surface area contributed by atoms with Crippen molar-refractivity contribution in [2.24, 2.45) is 0 Å². The van der Waals surface area contributed by atoms with E-state index in [4.69, 9.17) is 0 Å². The van der Waals surface area contributed by atoms with Gasteiger partial charge >= 0.3 is 0 Å². The van der Waals surface area contributed by atoms with E-state index in [9.17, 15) is 9.59 Å². The molecule has 0 aliphatic carbocycles. The lowest BCUT2D eigenvalue weighted by molar-refractivity contribution is 0.0936. The number of thiazole rings is 1. The smallest absolute Gasteiger partial charge is 0.271 e. The molecule has 0 aliphatic rings. The van der Waals surface area contributed by atoms with Crippen molar-refractivity contribution in [1.82, 2.24) is 40.4 Å². The Bertz CT molecular complexity index is 1290. The van der Waals surface area contributed by atoms with E-state index < -0.39 is 6.04 Å². The normalized spacial score (nSPS) is 12.5. The number of amides is 2. The molecular formula is C20H21N9O2S. The zero-order valence-electron chi connectivity index (χ0n) is 17.9. The molecule has 0 aromatic carbocycles. The molecule has 0 saturated carbocycles. The summed E-state index contributed by atoms with van der Waals surface area (Å²) in [6, 6.07) is 1.32. The number of rotatable bonds is 5. The van der Waals surface area contributed by atoms with Crippen molar-refractivity contribution >= 4 is 40.0 Å². The van der Waals surface area contributed by atoms with Crippen LogP contribution in [0.2, 0.25) is 0 Å². The first-order chi connectivity index (χ1) is 15.2. The van der Waals surface area contributed by atoms with Crippen molar-refractivity contribution in [1.29, 1.82) is 0 Å². The zero-order chi connectivity index (χ0) is 22.9. The molecule has 1 atom stereocenters. The maximum absolute atomic E-state index is 12.7. The summed E-state index contributed by atoms with van der Waals surface area (Å²) in [4.78, 5) is 46.5. The van der Waals surface area contributed by atoms with E-state index in [1.807, 2.05) is 20.8 Å². The van der Waals surface area contributed by atoms with Crippen LogP contribution in [-0.2, 0) is 5.41 Å². The van der Waals surface area contributed by atoms with Gasteiger partial charge in [-0.05, 0) is 6.92 Å². The summed E-state index contributed by atoms with van der Waals surface area (Å²) in [7, 11) is 0. The van der Waals surface area contributed by atoms with Gasteiger partial charge in [0.1, 0.15) is 34.1 Å². The molecule has 4 heterocycles. The summed E-state index contributed by atoms with van der Waals surface area (Å²) in [6.07, 6.45) is 5.70. The highest BCUT2D eigenvalue weighted by molar-refractivity contribution is 7.13. The van der Waals surface area contributed by atoms with Gasteiger partial charge in [0.15, 0.2) is 5.65 Å². The maximum Gasteiger partial charge on any atom is 0.271 e. The molecule has 0 fully saturated rings. The van der Waals surface area contributed by atoms with Crippen LogP contribution < -0.4 is 10.6 Å². The number of carbonyl (C=O) groups is 2. The van der Waals surface area contributed by atoms with Gasteiger partial charge in [-0.3, -0.25) is 14.7 Å². The largest absolute Gasteiger partial charge is 0.342 e. The summed E-state index contributed by atoms with van der Waals surface area (Å²) in [5.41, 5.74) is 1.34. The fraction of sp³-hybridized carbons (Fsp3) is 0.300. The molecule has 0 radical (unpaired) electrons. The Morgan fingerprint density at radius 1 is 1.03 bits per heavy atom. The molecule has 0 bridgehead atoms. The molecule has 164 valence electrons. The number of H-pyrrole nitrogens is 1. The number of hydrogen-bond donors (Lipinski definition) is 3. The van der Waals surface area contributed by atoms with Crippen LogP contribution in [0.3, 0.4) is 0 Å². The lowest BCUT2D eigenvalue weighted by Gasteiger charge is -2.17. The number of aromatic amines is 1. The minimum absolute atomic E-state index is 0.167. The fourth-order valence-electron chi connectivity index (χ4n) is 2.88. The van der Waals surface area contributed by atoms with Crippen LogP contribution in [0.15, 0.2) is 31.1 Å². The maximum atomic E-state index is 12.7. The highest BCUT2D eigenvalue weighted by Crippen LogP contribution is 2.24. The van der Waals surface area contributed by atoms with Crippen LogP contribution in [0, 0.1) is 0 Å². The number of nitrogens with one attached hydrogen (secondary N) is 3. The Hall–Kier alpha value is -3.80. The van der Waals surface area contributed by atoms with E-state index in [1.165, 1.54) is 36.4 Å². The summed E-state index contributed by atoms with van der Waals surface area (Å²) in [5, 5.41) is 13.3. The second-order valence-corrected chi connectivity index (χ2v) is 9.17. The van der Waals surface area contributed by atoms with Crippen molar-refractivity contribution in [2.45, 2.75) is 39.2 Å². The molecule has 1 unspecified atom stereocenters. The molecule has 12 heteroatoms. The van der Waals surface area contributed by atoms with Gasteiger partial charge in [0.25, 0.3) is 11.8 Å². The molecular weight excluding hydrogens is 430 g/mol. The van der Waals surface area contributed by atoms with Gasteiger partial charge in [-0.15, -0.1) is 11.3 Å². The third-order valence-corrected chi connectivity index (χ3v) is 5.78. The molecule has 4 aromatic heterocycles. The minimum atomic E-state index is -0.433. The Balaban J connectivity index is 1.44. The summed E-state index contributed by atoms with van der Waals surface area (Å²) in [6.45, 7) is 7.88. The first-order valence-corrected chi connectivity index (χ1v) is 10.6. The third-order valence-electron chi connectivity index (χ3n) is 4.61. The molecule has 4 aromatic rings. The van der Waals surface area contributed by atoms with Gasteiger partial charge in [0.2, 0.25) is 0 Å². The predicted molar refractivity (Wildman–Crippen MR) is 118 cm³/mol. The van der Waals surface area contributed by atoms with Crippen LogP contribution >= 0.6 is 11.3 Å². The van der Waals surface area contributed by atoms with Crippen LogP contribution in [0.4, 0.5) is 5.82 Å². The molecule has 11 nitrogen and oxygen atoms in total. The SMILES string of the molecule is CC(NC(=O)c1ncnc2[nH]ncc12)c1ncc(C(=O)Nc2cc(C(C)(C)C)ncn2)s1. The van der Waals surface area contributed by atoms with E-state index in [1.54, 1.807) is 13.0 Å². The number of fused-ring (bicyclic) bond motifs is 1. The lowest BCUT2D eigenvalue weighted by Crippen LogP contribution is -2.27. The number of carbonyl (C=O) groups excluding carboxylic acids is 2. The molecule has 3 N–H and O–H groups in total. The fourth-order valence-corrected chi connectivity index (χ4v) is 3.69. The summed E-state index contributed by atoms with van der Waals surface area (Å²) in [5.74, 6) is -0.302. The monoisotopic (exact) mass is 451 g/mol. The van der Waals surface area contributed by atoms with Crippen molar-refractivity contribution < 1.29 is 9.59 Å². The Morgan fingerprint density at radius 3 is 2.59 bits per heavy atom. The number of nitrogens with zero attached hydrogens (tertiary/aromatic N) is 6. The van der Waals surface area contributed by atoms with Crippen molar-refractivity contribution in [3.63, 3.8) is 0 Å². The van der Waals surface area contributed by atoms with Crippen molar-refractivity contribution in [3.8, 4) is 0 Å². The van der Waals surface area contributed by atoms with Crippen LogP contribution in [0.1, 0.15) is 64.6 Å². The van der Waals surface area contributed by atoms with Crippen LogP contribution in [0.5, 0.6) is 0 Å². The highest BCUT2D eigenvalue weighted by Gasteiger charge is 2.21. The van der Waals surface area contributed by atoms with Gasteiger partial charge in [0, 0.05) is 11.5 Å². The quantitative estimate of drug-likeness (QED) is 0.419. The standard InChI is InChI=1S/C20H21N9O2S/c1-10(27-18(31)15-11-6-26-29-16(11)25-9-24-15)19-21-7-12(32-19)17(30)28-14-5-13(20(2,3)4)22-8-23-14/h5-10H,1-4H3,(H,27,31)(H,22,23,28,30)(H,24,25,26,29). The average Bonchev–Trinajstić information content (AvgIpc) is 3.43. The first kappa shape index (κ1) is 21.4. The van der Waals surface area contributed by atoms with Gasteiger partial charge < -0.3 is 10.6 Å².